The number of phenolic OH excluding ortho intramolecular Hbond substituents is 1. The van der Waals surface area contributed by atoms with Gasteiger partial charge in [0.1, 0.15) is 11.3 Å². The molecule has 0 amide bonds. The maximum Gasteiger partial charge on any atom is 0.342 e. The van der Waals surface area contributed by atoms with Crippen LogP contribution in [0.5, 0.6) is 5.75 Å². The maximum absolute atomic E-state index is 12.0. The highest BCUT2D eigenvalue weighted by Gasteiger charge is 2.17. The molecule has 0 spiro atoms. The minimum atomic E-state index is -0.495. The third-order valence-electron chi connectivity index (χ3n) is 3.38. The van der Waals surface area contributed by atoms with Gasteiger partial charge in [-0.3, -0.25) is 0 Å². The second-order valence-electron chi connectivity index (χ2n) is 4.56. The molecule has 3 nitrogen and oxygen atoms in total. The van der Waals surface area contributed by atoms with Crippen molar-refractivity contribution in [2.45, 2.75) is 6.92 Å². The molecule has 0 atom stereocenters. The Bertz CT molecular complexity index is 806. The predicted molar refractivity (Wildman–Crippen MR) is 79.1 cm³/mol. The van der Waals surface area contributed by atoms with Crippen LogP contribution in [-0.4, -0.2) is 17.7 Å². The van der Waals surface area contributed by atoms with Crippen LogP contribution in [0.2, 0.25) is 0 Å². The van der Waals surface area contributed by atoms with Crippen molar-refractivity contribution in [1.29, 1.82) is 0 Å². The molecule has 3 rings (SSSR count). The van der Waals surface area contributed by atoms with Gasteiger partial charge in [0, 0.05) is 5.39 Å². The first-order valence-electron chi connectivity index (χ1n) is 6.53. The molecule has 0 radical (unpaired) electrons. The number of esters is 1. The van der Waals surface area contributed by atoms with E-state index in [0.29, 0.717) is 5.39 Å². The fourth-order valence-electron chi connectivity index (χ4n) is 2.49. The van der Waals surface area contributed by atoms with Gasteiger partial charge in [-0.15, -0.1) is 0 Å². The highest BCUT2D eigenvalue weighted by molar-refractivity contribution is 6.15. The Hall–Kier alpha value is -2.55. The van der Waals surface area contributed by atoms with Gasteiger partial charge in [-0.05, 0) is 29.1 Å². The molecule has 0 aliphatic carbocycles. The average Bonchev–Trinajstić information content (AvgIpc) is 2.46. The summed E-state index contributed by atoms with van der Waals surface area (Å²) >= 11 is 0. The van der Waals surface area contributed by atoms with Gasteiger partial charge >= 0.3 is 5.97 Å². The lowest BCUT2D eigenvalue weighted by Crippen LogP contribution is -2.05. The van der Waals surface area contributed by atoms with E-state index in [1.165, 1.54) is 0 Å². The standard InChI is InChI=1S/C17H14O3/c1-2-20-17(19)16-14-8-7-11-5-3-4-6-12(11)13(14)9-10-15(16)18/h3-10,18H,2H2,1H3. The first-order chi connectivity index (χ1) is 9.72. The largest absolute Gasteiger partial charge is 0.507 e. The van der Waals surface area contributed by atoms with Crippen LogP contribution in [0.4, 0.5) is 0 Å². The van der Waals surface area contributed by atoms with E-state index in [4.69, 9.17) is 4.74 Å². The van der Waals surface area contributed by atoms with E-state index in [-0.39, 0.29) is 17.9 Å². The van der Waals surface area contributed by atoms with E-state index in [2.05, 4.69) is 0 Å². The van der Waals surface area contributed by atoms with Gasteiger partial charge in [-0.1, -0.05) is 42.5 Å². The monoisotopic (exact) mass is 266 g/mol. The molecule has 3 heteroatoms. The van der Waals surface area contributed by atoms with Crippen molar-refractivity contribution in [3.8, 4) is 5.75 Å². The van der Waals surface area contributed by atoms with Crippen LogP contribution in [0.15, 0.2) is 48.5 Å². The van der Waals surface area contributed by atoms with Crippen LogP contribution in [0.3, 0.4) is 0 Å². The van der Waals surface area contributed by atoms with Crippen molar-refractivity contribution in [2.75, 3.05) is 6.61 Å². The number of benzene rings is 3. The molecule has 0 unspecified atom stereocenters. The molecular formula is C17H14O3. The van der Waals surface area contributed by atoms with Gasteiger partial charge in [-0.2, -0.15) is 0 Å². The van der Waals surface area contributed by atoms with Gasteiger partial charge < -0.3 is 9.84 Å². The average molecular weight is 266 g/mol. The first-order valence-corrected chi connectivity index (χ1v) is 6.53. The molecule has 100 valence electrons. The van der Waals surface area contributed by atoms with Crippen LogP contribution < -0.4 is 0 Å². The Labute approximate surface area is 116 Å². The Morgan fingerprint density at radius 1 is 1.00 bits per heavy atom. The third kappa shape index (κ3) is 1.88. The topological polar surface area (TPSA) is 46.5 Å². The molecular weight excluding hydrogens is 252 g/mol. The number of hydrogen-bond acceptors (Lipinski definition) is 3. The number of aromatic hydroxyl groups is 1. The first kappa shape index (κ1) is 12.5. The number of ether oxygens (including phenoxy) is 1. The molecule has 0 bridgehead atoms. The van der Waals surface area contributed by atoms with Crippen molar-refractivity contribution in [3.63, 3.8) is 0 Å². The van der Waals surface area contributed by atoms with E-state index in [1.807, 2.05) is 42.5 Å². The Balaban J connectivity index is 2.37. The van der Waals surface area contributed by atoms with E-state index in [1.54, 1.807) is 13.0 Å². The van der Waals surface area contributed by atoms with Crippen LogP contribution in [0.1, 0.15) is 17.3 Å². The summed E-state index contributed by atoms with van der Waals surface area (Å²) < 4.78 is 5.03. The number of carbonyl (C=O) groups excluding carboxylic acids is 1. The fraction of sp³-hybridized carbons (Fsp3) is 0.118. The number of fused-ring (bicyclic) bond motifs is 3. The molecule has 1 N–H and O–H groups in total. The quantitative estimate of drug-likeness (QED) is 0.565. The highest BCUT2D eigenvalue weighted by atomic mass is 16.5. The van der Waals surface area contributed by atoms with Gasteiger partial charge in [0.2, 0.25) is 0 Å². The second-order valence-corrected chi connectivity index (χ2v) is 4.56. The minimum Gasteiger partial charge on any atom is -0.507 e. The van der Waals surface area contributed by atoms with Crippen LogP contribution in [0, 0.1) is 0 Å². The molecule has 0 aromatic heterocycles. The smallest absolute Gasteiger partial charge is 0.342 e. The van der Waals surface area contributed by atoms with Crippen molar-refractivity contribution in [3.05, 3.63) is 54.1 Å². The van der Waals surface area contributed by atoms with Gasteiger partial charge in [0.15, 0.2) is 0 Å². The molecule has 20 heavy (non-hydrogen) atoms. The SMILES string of the molecule is CCOC(=O)c1c(O)ccc2c1ccc1ccccc12. The van der Waals surface area contributed by atoms with Crippen molar-refractivity contribution in [2.24, 2.45) is 0 Å². The second kappa shape index (κ2) is 4.85. The molecule has 3 aromatic carbocycles. The lowest BCUT2D eigenvalue weighted by Gasteiger charge is -2.10. The maximum atomic E-state index is 12.0. The zero-order chi connectivity index (χ0) is 14.1. The van der Waals surface area contributed by atoms with Crippen molar-refractivity contribution in [1.82, 2.24) is 0 Å². The minimum absolute atomic E-state index is 0.0498. The zero-order valence-electron chi connectivity index (χ0n) is 11.1. The summed E-state index contributed by atoms with van der Waals surface area (Å²) in [5, 5.41) is 13.8. The number of hydrogen-bond donors (Lipinski definition) is 1. The lowest BCUT2D eigenvalue weighted by molar-refractivity contribution is 0.0525. The lowest BCUT2D eigenvalue weighted by atomic mass is 9.98. The molecule has 0 aliphatic heterocycles. The van der Waals surface area contributed by atoms with Gasteiger partial charge in [0.25, 0.3) is 0 Å². The third-order valence-corrected chi connectivity index (χ3v) is 3.38. The van der Waals surface area contributed by atoms with E-state index in [9.17, 15) is 9.90 Å². The molecule has 3 aromatic rings. The predicted octanol–water partition coefficient (Wildman–Crippen LogP) is 3.88. The highest BCUT2D eigenvalue weighted by Crippen LogP contribution is 2.32. The van der Waals surface area contributed by atoms with Crippen LogP contribution >= 0.6 is 0 Å². The van der Waals surface area contributed by atoms with Crippen molar-refractivity contribution >= 4 is 27.5 Å². The summed E-state index contributed by atoms with van der Waals surface area (Å²) in [5.41, 5.74) is 0.232. The summed E-state index contributed by atoms with van der Waals surface area (Å²) in [6.07, 6.45) is 0. The molecule has 0 saturated carbocycles. The van der Waals surface area contributed by atoms with E-state index < -0.39 is 5.97 Å². The van der Waals surface area contributed by atoms with E-state index in [0.717, 1.165) is 16.2 Å². The fourth-order valence-corrected chi connectivity index (χ4v) is 2.49. The Kier molecular flexibility index (Phi) is 3.03. The molecule has 0 heterocycles. The van der Waals surface area contributed by atoms with E-state index >= 15 is 0 Å². The summed E-state index contributed by atoms with van der Waals surface area (Å²) in [5.74, 6) is -0.544. The summed E-state index contributed by atoms with van der Waals surface area (Å²) in [6.45, 7) is 2.03. The van der Waals surface area contributed by atoms with Crippen LogP contribution in [-0.2, 0) is 4.74 Å². The summed E-state index contributed by atoms with van der Waals surface area (Å²) in [4.78, 5) is 12.0. The van der Waals surface area contributed by atoms with Crippen LogP contribution in [0.25, 0.3) is 21.5 Å². The number of carbonyl (C=O) groups is 1. The molecule has 0 aliphatic rings. The number of rotatable bonds is 2. The molecule has 0 fully saturated rings. The summed E-state index contributed by atoms with van der Waals surface area (Å²) in [6, 6.07) is 15.1. The summed E-state index contributed by atoms with van der Waals surface area (Å²) in [7, 11) is 0. The Morgan fingerprint density at radius 3 is 2.55 bits per heavy atom. The van der Waals surface area contributed by atoms with Gasteiger partial charge in [-0.25, -0.2) is 4.79 Å². The van der Waals surface area contributed by atoms with Gasteiger partial charge in [0.05, 0.1) is 6.61 Å². The zero-order valence-corrected chi connectivity index (χ0v) is 11.1. The molecule has 0 saturated heterocycles. The van der Waals surface area contributed by atoms with Crippen molar-refractivity contribution < 1.29 is 14.6 Å². The normalized spacial score (nSPS) is 10.8. The Morgan fingerprint density at radius 2 is 1.75 bits per heavy atom. The number of phenols is 1.